The summed E-state index contributed by atoms with van der Waals surface area (Å²) in [5, 5.41) is 7.20. The van der Waals surface area contributed by atoms with Gasteiger partial charge in [0.2, 0.25) is 0 Å². The molecule has 0 radical (unpaired) electrons. The van der Waals surface area contributed by atoms with Gasteiger partial charge >= 0.3 is 0 Å². The fourth-order valence-electron chi connectivity index (χ4n) is 2.98. The number of fused-ring (bicyclic) bond motifs is 1. The molecule has 2 aromatic rings. The summed E-state index contributed by atoms with van der Waals surface area (Å²) in [4.78, 5) is 0. The fraction of sp³-hybridized carbons (Fsp3) is 0.438. The second-order valence-corrected chi connectivity index (χ2v) is 5.87. The zero-order chi connectivity index (χ0) is 13.4. The van der Waals surface area contributed by atoms with E-state index in [1.807, 2.05) is 6.20 Å². The largest absolute Gasteiger partial charge is 0.324 e. The molecule has 2 atom stereocenters. The van der Waals surface area contributed by atoms with E-state index in [4.69, 9.17) is 5.73 Å². The lowest BCUT2D eigenvalue weighted by atomic mass is 9.80. The Kier molecular flexibility index (Phi) is 3.15. The summed E-state index contributed by atoms with van der Waals surface area (Å²) in [6, 6.07) is 9.11. The quantitative estimate of drug-likeness (QED) is 0.865. The van der Waals surface area contributed by atoms with Crippen LogP contribution in [0.3, 0.4) is 0 Å². The van der Waals surface area contributed by atoms with Gasteiger partial charge in [0.05, 0.1) is 6.20 Å². The molecule has 1 aromatic carbocycles. The van der Waals surface area contributed by atoms with Crippen molar-refractivity contribution in [1.29, 1.82) is 0 Å². The van der Waals surface area contributed by atoms with Crippen LogP contribution in [0.5, 0.6) is 0 Å². The van der Waals surface area contributed by atoms with Crippen LogP contribution in [0.4, 0.5) is 0 Å². The van der Waals surface area contributed by atoms with E-state index < -0.39 is 0 Å². The van der Waals surface area contributed by atoms with Gasteiger partial charge in [-0.15, -0.1) is 0 Å². The Morgan fingerprint density at radius 1 is 1.26 bits per heavy atom. The van der Waals surface area contributed by atoms with Gasteiger partial charge in [-0.05, 0) is 35.8 Å². The average molecular weight is 255 g/mol. The van der Waals surface area contributed by atoms with E-state index >= 15 is 0 Å². The first-order chi connectivity index (χ1) is 9.15. The minimum absolute atomic E-state index is 0.109. The highest BCUT2D eigenvalue weighted by atomic mass is 15.1. The monoisotopic (exact) mass is 255 g/mol. The molecule has 3 nitrogen and oxygen atoms in total. The number of nitrogens with two attached hydrogens (primary N) is 1. The van der Waals surface area contributed by atoms with E-state index in [-0.39, 0.29) is 6.04 Å². The van der Waals surface area contributed by atoms with Gasteiger partial charge in [0.1, 0.15) is 0 Å². The maximum atomic E-state index is 6.24. The van der Waals surface area contributed by atoms with E-state index in [1.165, 1.54) is 22.4 Å². The zero-order valence-corrected chi connectivity index (χ0v) is 11.6. The van der Waals surface area contributed by atoms with Crippen LogP contribution >= 0.6 is 0 Å². The number of aromatic nitrogens is 2. The van der Waals surface area contributed by atoms with Gasteiger partial charge in [-0.25, -0.2) is 0 Å². The molecular formula is C16H21N3. The molecule has 0 spiro atoms. The van der Waals surface area contributed by atoms with Crippen LogP contribution in [0.1, 0.15) is 60.5 Å². The van der Waals surface area contributed by atoms with E-state index in [0.29, 0.717) is 11.8 Å². The molecule has 1 heterocycles. The summed E-state index contributed by atoms with van der Waals surface area (Å²) in [6.07, 6.45) is 3.90. The van der Waals surface area contributed by atoms with Crippen LogP contribution in [0.2, 0.25) is 0 Å². The molecule has 2 unspecified atom stereocenters. The number of nitrogens with zero attached hydrogens (tertiary/aromatic N) is 1. The summed E-state index contributed by atoms with van der Waals surface area (Å²) in [5.41, 5.74) is 11.4. The summed E-state index contributed by atoms with van der Waals surface area (Å²) >= 11 is 0. The summed E-state index contributed by atoms with van der Waals surface area (Å²) < 4.78 is 0. The molecule has 1 aromatic heterocycles. The van der Waals surface area contributed by atoms with Crippen molar-refractivity contribution in [3.63, 3.8) is 0 Å². The van der Waals surface area contributed by atoms with Gasteiger partial charge in [0.15, 0.2) is 0 Å². The second kappa shape index (κ2) is 4.82. The van der Waals surface area contributed by atoms with Crippen molar-refractivity contribution in [2.24, 2.45) is 5.73 Å². The van der Waals surface area contributed by atoms with E-state index in [9.17, 15) is 0 Å². The Morgan fingerprint density at radius 3 is 2.68 bits per heavy atom. The molecule has 1 aliphatic carbocycles. The van der Waals surface area contributed by atoms with Crippen molar-refractivity contribution in [2.45, 2.75) is 44.6 Å². The SMILES string of the molecule is CC(C)c1ccc(C2Cc3[nH]ncc3C(N)C2)cc1. The highest BCUT2D eigenvalue weighted by Gasteiger charge is 2.27. The summed E-state index contributed by atoms with van der Waals surface area (Å²) in [7, 11) is 0. The minimum atomic E-state index is 0.109. The predicted octanol–water partition coefficient (Wildman–Crippen LogP) is 3.26. The smallest absolute Gasteiger partial charge is 0.0537 e. The van der Waals surface area contributed by atoms with E-state index in [2.05, 4.69) is 48.3 Å². The maximum Gasteiger partial charge on any atom is 0.0537 e. The molecule has 100 valence electrons. The number of hydrogen-bond donors (Lipinski definition) is 2. The van der Waals surface area contributed by atoms with Gasteiger partial charge in [0.25, 0.3) is 0 Å². The number of benzene rings is 1. The van der Waals surface area contributed by atoms with Crippen molar-refractivity contribution < 1.29 is 0 Å². The molecule has 19 heavy (non-hydrogen) atoms. The number of rotatable bonds is 2. The molecule has 0 saturated carbocycles. The Balaban J connectivity index is 1.84. The highest BCUT2D eigenvalue weighted by molar-refractivity contribution is 5.32. The van der Waals surface area contributed by atoms with Crippen molar-refractivity contribution in [1.82, 2.24) is 10.2 Å². The molecule has 0 bridgehead atoms. The molecule has 0 aliphatic heterocycles. The third kappa shape index (κ3) is 2.30. The van der Waals surface area contributed by atoms with Gasteiger partial charge < -0.3 is 5.73 Å². The molecule has 0 amide bonds. The van der Waals surface area contributed by atoms with Crippen LogP contribution in [0.15, 0.2) is 30.5 Å². The van der Waals surface area contributed by atoms with Gasteiger partial charge in [-0.2, -0.15) is 5.10 Å². The molecule has 1 aliphatic rings. The first-order valence-corrected chi connectivity index (χ1v) is 7.02. The maximum absolute atomic E-state index is 6.24. The van der Waals surface area contributed by atoms with Gasteiger partial charge in [-0.1, -0.05) is 38.1 Å². The van der Waals surface area contributed by atoms with Crippen molar-refractivity contribution in [2.75, 3.05) is 0 Å². The van der Waals surface area contributed by atoms with E-state index in [0.717, 1.165) is 12.8 Å². The Bertz CT molecular complexity index is 554. The van der Waals surface area contributed by atoms with Crippen LogP contribution in [-0.4, -0.2) is 10.2 Å². The van der Waals surface area contributed by atoms with Crippen LogP contribution in [0, 0.1) is 0 Å². The second-order valence-electron chi connectivity index (χ2n) is 5.87. The first kappa shape index (κ1) is 12.4. The third-order valence-electron chi connectivity index (χ3n) is 4.21. The van der Waals surface area contributed by atoms with Crippen molar-refractivity contribution >= 4 is 0 Å². The normalized spacial score (nSPS) is 22.5. The molecule has 3 N–H and O–H groups in total. The minimum Gasteiger partial charge on any atom is -0.324 e. The lowest BCUT2D eigenvalue weighted by molar-refractivity contribution is 0.499. The molecule has 3 heteroatoms. The lowest BCUT2D eigenvalue weighted by Crippen LogP contribution is -2.22. The molecular weight excluding hydrogens is 234 g/mol. The van der Waals surface area contributed by atoms with Gasteiger partial charge in [-0.3, -0.25) is 5.10 Å². The lowest BCUT2D eigenvalue weighted by Gasteiger charge is -2.27. The Labute approximate surface area is 114 Å². The van der Waals surface area contributed by atoms with Crippen molar-refractivity contribution in [3.05, 3.63) is 52.8 Å². The topological polar surface area (TPSA) is 54.7 Å². The number of hydrogen-bond acceptors (Lipinski definition) is 2. The van der Waals surface area contributed by atoms with Crippen LogP contribution in [0.25, 0.3) is 0 Å². The zero-order valence-electron chi connectivity index (χ0n) is 11.6. The molecule has 0 fully saturated rings. The highest BCUT2D eigenvalue weighted by Crippen LogP contribution is 2.36. The molecule has 3 rings (SSSR count). The Morgan fingerprint density at radius 2 is 2.00 bits per heavy atom. The Hall–Kier alpha value is -1.61. The average Bonchev–Trinajstić information content (AvgIpc) is 2.87. The predicted molar refractivity (Wildman–Crippen MR) is 77.1 cm³/mol. The number of nitrogens with one attached hydrogen (secondary N) is 1. The van der Waals surface area contributed by atoms with Crippen LogP contribution < -0.4 is 5.73 Å². The summed E-state index contributed by atoms with van der Waals surface area (Å²) in [6.45, 7) is 4.45. The third-order valence-corrected chi connectivity index (χ3v) is 4.21. The van der Waals surface area contributed by atoms with Crippen molar-refractivity contribution in [3.8, 4) is 0 Å². The number of H-pyrrole nitrogens is 1. The standard InChI is InChI=1S/C16H21N3/c1-10(2)11-3-5-12(6-4-11)13-7-15(17)14-9-18-19-16(14)8-13/h3-6,9-10,13,15H,7-8,17H2,1-2H3,(H,18,19). The van der Waals surface area contributed by atoms with Gasteiger partial charge in [0, 0.05) is 17.3 Å². The van der Waals surface area contributed by atoms with E-state index in [1.54, 1.807) is 0 Å². The fourth-order valence-corrected chi connectivity index (χ4v) is 2.98. The summed E-state index contributed by atoms with van der Waals surface area (Å²) in [5.74, 6) is 1.09. The number of aromatic amines is 1. The van der Waals surface area contributed by atoms with Crippen LogP contribution in [-0.2, 0) is 6.42 Å². The molecule has 0 saturated heterocycles. The first-order valence-electron chi connectivity index (χ1n) is 7.02.